The van der Waals surface area contributed by atoms with Crippen LogP contribution in [0.15, 0.2) is 0 Å². The Kier molecular flexibility index (Phi) is 6.57. The number of hydrogen-bond donors (Lipinski definition) is 1. The zero-order valence-corrected chi connectivity index (χ0v) is 12.7. The molecule has 0 aromatic rings. The van der Waals surface area contributed by atoms with E-state index >= 15 is 0 Å². The summed E-state index contributed by atoms with van der Waals surface area (Å²) >= 11 is 0. The smallest absolute Gasteiger partial charge is 0.0586 e. The largest absolute Gasteiger partial charge is 0.381 e. The van der Waals surface area contributed by atoms with E-state index in [9.17, 15) is 0 Å². The molecule has 112 valence electrons. The molecule has 2 unspecified atom stereocenters. The van der Waals surface area contributed by atoms with Crippen molar-refractivity contribution in [3.05, 3.63) is 0 Å². The minimum atomic E-state index is 0.490. The highest BCUT2D eigenvalue weighted by molar-refractivity contribution is 4.78. The van der Waals surface area contributed by atoms with Gasteiger partial charge in [-0.25, -0.2) is 0 Å². The molecule has 2 rings (SSSR count). The predicted octanol–water partition coefficient (Wildman–Crippen LogP) is 1.17. The van der Waals surface area contributed by atoms with Gasteiger partial charge in [-0.2, -0.15) is 0 Å². The quantitative estimate of drug-likeness (QED) is 0.733. The third kappa shape index (κ3) is 5.38. The molecule has 0 aromatic carbocycles. The van der Waals surface area contributed by atoms with E-state index in [0.717, 1.165) is 6.54 Å². The number of nitrogens with one attached hydrogen (secondary N) is 1. The zero-order valence-electron chi connectivity index (χ0n) is 12.7. The molecule has 1 aliphatic heterocycles. The average molecular weight is 269 g/mol. The summed E-state index contributed by atoms with van der Waals surface area (Å²) in [7, 11) is 4.06. The summed E-state index contributed by atoms with van der Waals surface area (Å²) < 4.78 is 5.48. The first-order valence-corrected chi connectivity index (χ1v) is 7.95. The van der Waals surface area contributed by atoms with Crippen LogP contribution in [0.2, 0.25) is 0 Å². The molecule has 1 aliphatic carbocycles. The van der Waals surface area contributed by atoms with Gasteiger partial charge in [0.2, 0.25) is 0 Å². The summed E-state index contributed by atoms with van der Waals surface area (Å²) in [5.41, 5.74) is 0. The van der Waals surface area contributed by atoms with Crippen molar-refractivity contribution < 1.29 is 4.74 Å². The van der Waals surface area contributed by atoms with Crippen LogP contribution < -0.4 is 5.32 Å². The molecule has 0 amide bonds. The molecule has 19 heavy (non-hydrogen) atoms. The van der Waals surface area contributed by atoms with E-state index in [4.69, 9.17) is 4.74 Å². The molecule has 0 radical (unpaired) electrons. The van der Waals surface area contributed by atoms with Crippen molar-refractivity contribution in [3.63, 3.8) is 0 Å². The second-order valence-corrected chi connectivity index (χ2v) is 6.17. The molecule has 1 N–H and O–H groups in total. The Morgan fingerprint density at radius 3 is 2.68 bits per heavy atom. The van der Waals surface area contributed by atoms with E-state index in [2.05, 4.69) is 22.2 Å². The van der Waals surface area contributed by atoms with Gasteiger partial charge in [0.15, 0.2) is 0 Å². The normalized spacial score (nSPS) is 30.6. The number of methoxy groups -OCH3 is 1. The standard InChI is InChI=1S/C15H31N3O/c1-17-9-11-18(12-10-17)8-4-7-16-14-5-3-6-15(13-14)19-2/h14-16H,3-13H2,1-2H3. The van der Waals surface area contributed by atoms with Crippen molar-refractivity contribution in [2.45, 2.75) is 44.2 Å². The van der Waals surface area contributed by atoms with Gasteiger partial charge in [-0.1, -0.05) is 0 Å². The van der Waals surface area contributed by atoms with Crippen LogP contribution in [0.4, 0.5) is 0 Å². The molecule has 0 aromatic heterocycles. The average Bonchev–Trinajstić information content (AvgIpc) is 2.46. The molecule has 1 saturated heterocycles. The van der Waals surface area contributed by atoms with Crippen molar-refractivity contribution in [1.82, 2.24) is 15.1 Å². The molecule has 2 atom stereocenters. The SMILES string of the molecule is COC1CCCC(NCCCN2CCN(C)CC2)C1. The fraction of sp³-hybridized carbons (Fsp3) is 1.00. The number of hydrogen-bond acceptors (Lipinski definition) is 4. The van der Waals surface area contributed by atoms with Crippen LogP contribution in [0.5, 0.6) is 0 Å². The van der Waals surface area contributed by atoms with E-state index in [1.807, 2.05) is 7.11 Å². The predicted molar refractivity (Wildman–Crippen MR) is 79.6 cm³/mol. The van der Waals surface area contributed by atoms with Gasteiger partial charge in [0, 0.05) is 39.3 Å². The second-order valence-electron chi connectivity index (χ2n) is 6.17. The number of nitrogens with zero attached hydrogens (tertiary/aromatic N) is 2. The third-order valence-electron chi connectivity index (χ3n) is 4.64. The Labute approximate surface area is 118 Å². The van der Waals surface area contributed by atoms with E-state index < -0.39 is 0 Å². The third-order valence-corrected chi connectivity index (χ3v) is 4.64. The topological polar surface area (TPSA) is 27.7 Å². The van der Waals surface area contributed by atoms with Crippen LogP contribution in [0, 0.1) is 0 Å². The Morgan fingerprint density at radius 1 is 1.16 bits per heavy atom. The van der Waals surface area contributed by atoms with Gasteiger partial charge in [0.05, 0.1) is 6.10 Å². The van der Waals surface area contributed by atoms with Gasteiger partial charge in [-0.05, 0) is 52.2 Å². The molecule has 1 saturated carbocycles. The Morgan fingerprint density at radius 2 is 1.95 bits per heavy atom. The molecule has 1 heterocycles. The number of likely N-dealkylation sites (N-methyl/N-ethyl adjacent to an activating group) is 1. The van der Waals surface area contributed by atoms with Gasteiger partial charge in [-0.3, -0.25) is 0 Å². The summed E-state index contributed by atoms with van der Waals surface area (Å²) in [5.74, 6) is 0. The van der Waals surface area contributed by atoms with Gasteiger partial charge in [0.25, 0.3) is 0 Å². The molecule has 0 spiro atoms. The van der Waals surface area contributed by atoms with Crippen LogP contribution in [0.3, 0.4) is 0 Å². The van der Waals surface area contributed by atoms with E-state index in [1.54, 1.807) is 0 Å². The first kappa shape index (κ1) is 15.2. The van der Waals surface area contributed by atoms with Crippen LogP contribution in [0.25, 0.3) is 0 Å². The summed E-state index contributed by atoms with van der Waals surface area (Å²) in [6.45, 7) is 7.35. The molecule has 0 bridgehead atoms. The van der Waals surface area contributed by atoms with Crippen molar-refractivity contribution >= 4 is 0 Å². The molecule has 4 heteroatoms. The van der Waals surface area contributed by atoms with Gasteiger partial charge >= 0.3 is 0 Å². The number of piperazine rings is 1. The van der Waals surface area contributed by atoms with E-state index in [1.165, 1.54) is 64.8 Å². The van der Waals surface area contributed by atoms with Crippen LogP contribution in [-0.4, -0.2) is 75.4 Å². The van der Waals surface area contributed by atoms with Crippen molar-refractivity contribution in [1.29, 1.82) is 0 Å². The summed E-state index contributed by atoms with van der Waals surface area (Å²) in [6, 6.07) is 0.686. The summed E-state index contributed by atoms with van der Waals surface area (Å²) in [4.78, 5) is 5.02. The Bertz CT molecular complexity index is 242. The lowest BCUT2D eigenvalue weighted by atomic mass is 9.93. The summed E-state index contributed by atoms with van der Waals surface area (Å²) in [6.07, 6.45) is 6.85. The van der Waals surface area contributed by atoms with Crippen LogP contribution in [0.1, 0.15) is 32.1 Å². The monoisotopic (exact) mass is 269 g/mol. The fourth-order valence-electron chi connectivity index (χ4n) is 3.22. The summed E-state index contributed by atoms with van der Waals surface area (Å²) in [5, 5.41) is 3.72. The molecular formula is C15H31N3O. The van der Waals surface area contributed by atoms with Gasteiger partial charge < -0.3 is 19.9 Å². The first-order chi connectivity index (χ1) is 9.28. The first-order valence-electron chi connectivity index (χ1n) is 7.95. The number of ether oxygens (including phenoxy) is 1. The van der Waals surface area contributed by atoms with Gasteiger partial charge in [0.1, 0.15) is 0 Å². The van der Waals surface area contributed by atoms with E-state index in [0.29, 0.717) is 12.1 Å². The fourth-order valence-corrected chi connectivity index (χ4v) is 3.22. The second kappa shape index (κ2) is 8.20. The molecule has 2 aliphatic rings. The maximum absolute atomic E-state index is 5.48. The molecular weight excluding hydrogens is 238 g/mol. The minimum absolute atomic E-state index is 0.490. The maximum Gasteiger partial charge on any atom is 0.0586 e. The number of rotatable bonds is 6. The van der Waals surface area contributed by atoms with Gasteiger partial charge in [-0.15, -0.1) is 0 Å². The van der Waals surface area contributed by atoms with Crippen molar-refractivity contribution in [3.8, 4) is 0 Å². The van der Waals surface area contributed by atoms with Crippen LogP contribution >= 0.6 is 0 Å². The highest BCUT2D eigenvalue weighted by Gasteiger charge is 2.21. The lowest BCUT2D eigenvalue weighted by Crippen LogP contribution is -2.45. The maximum atomic E-state index is 5.48. The van der Waals surface area contributed by atoms with Crippen LogP contribution in [-0.2, 0) is 4.74 Å². The molecule has 2 fully saturated rings. The lowest BCUT2D eigenvalue weighted by molar-refractivity contribution is 0.0586. The lowest BCUT2D eigenvalue weighted by Gasteiger charge is -2.33. The zero-order chi connectivity index (χ0) is 13.5. The highest BCUT2D eigenvalue weighted by Crippen LogP contribution is 2.20. The van der Waals surface area contributed by atoms with E-state index in [-0.39, 0.29) is 0 Å². The highest BCUT2D eigenvalue weighted by atomic mass is 16.5. The molecule has 4 nitrogen and oxygen atoms in total. The minimum Gasteiger partial charge on any atom is -0.381 e. The Balaban J connectivity index is 1.52. The Hall–Kier alpha value is -0.160. The van der Waals surface area contributed by atoms with Crippen molar-refractivity contribution in [2.75, 3.05) is 53.4 Å². The van der Waals surface area contributed by atoms with Crippen molar-refractivity contribution in [2.24, 2.45) is 0 Å².